The molecule has 0 amide bonds. The fraction of sp³-hybridized carbons (Fsp3) is 0.429. The molecule has 112 valence electrons. The summed E-state index contributed by atoms with van der Waals surface area (Å²) in [5.74, 6) is 0.777. The van der Waals surface area contributed by atoms with Crippen LogP contribution in [0.2, 0.25) is 0 Å². The Morgan fingerprint density at radius 2 is 2.05 bits per heavy atom. The number of aromatic nitrogens is 3. The van der Waals surface area contributed by atoms with E-state index in [1.165, 1.54) is 0 Å². The summed E-state index contributed by atoms with van der Waals surface area (Å²) in [6.07, 6.45) is 1.74. The lowest BCUT2D eigenvalue weighted by Gasteiger charge is -2.26. The SMILES string of the molecule is COc1ccccc1-n1cnn(CN2CCOCC2)c1=S. The Morgan fingerprint density at radius 3 is 2.81 bits per heavy atom. The smallest absolute Gasteiger partial charge is 0.203 e. The Kier molecular flexibility index (Phi) is 4.33. The van der Waals surface area contributed by atoms with Gasteiger partial charge in [0.15, 0.2) is 0 Å². The van der Waals surface area contributed by atoms with Gasteiger partial charge in [0.25, 0.3) is 0 Å². The predicted octanol–water partition coefficient (Wildman–Crippen LogP) is 1.70. The van der Waals surface area contributed by atoms with Gasteiger partial charge in [-0.05, 0) is 24.4 Å². The van der Waals surface area contributed by atoms with Crippen LogP contribution >= 0.6 is 12.2 Å². The minimum absolute atomic E-state index is 0.658. The summed E-state index contributed by atoms with van der Waals surface area (Å²) >= 11 is 5.53. The number of benzene rings is 1. The van der Waals surface area contributed by atoms with Gasteiger partial charge in [-0.3, -0.25) is 9.47 Å². The zero-order chi connectivity index (χ0) is 14.7. The van der Waals surface area contributed by atoms with Crippen molar-refractivity contribution in [3.05, 3.63) is 35.4 Å². The van der Waals surface area contributed by atoms with Gasteiger partial charge in [0.2, 0.25) is 4.77 Å². The average molecular weight is 306 g/mol. The highest BCUT2D eigenvalue weighted by Gasteiger charge is 2.13. The molecule has 0 aliphatic carbocycles. The molecular weight excluding hydrogens is 288 g/mol. The highest BCUT2D eigenvalue weighted by atomic mass is 32.1. The molecule has 1 aliphatic heterocycles. The van der Waals surface area contributed by atoms with Crippen molar-refractivity contribution in [3.63, 3.8) is 0 Å². The Hall–Kier alpha value is -1.70. The van der Waals surface area contributed by atoms with E-state index >= 15 is 0 Å². The second-order valence-corrected chi connectivity index (χ2v) is 5.19. The largest absolute Gasteiger partial charge is 0.495 e. The van der Waals surface area contributed by atoms with Crippen molar-refractivity contribution in [3.8, 4) is 11.4 Å². The fourth-order valence-electron chi connectivity index (χ4n) is 2.36. The first kappa shape index (κ1) is 14.2. The molecule has 0 spiro atoms. The van der Waals surface area contributed by atoms with Crippen LogP contribution in [0, 0.1) is 4.77 Å². The topological polar surface area (TPSA) is 44.5 Å². The minimum atomic E-state index is 0.658. The number of nitrogens with zero attached hydrogens (tertiary/aromatic N) is 4. The molecule has 0 bridgehead atoms. The third-order valence-electron chi connectivity index (χ3n) is 3.52. The van der Waals surface area contributed by atoms with Crippen molar-refractivity contribution in [2.75, 3.05) is 33.4 Å². The van der Waals surface area contributed by atoms with E-state index in [9.17, 15) is 0 Å². The number of hydrogen-bond donors (Lipinski definition) is 0. The number of methoxy groups -OCH3 is 1. The van der Waals surface area contributed by atoms with Crippen molar-refractivity contribution in [1.29, 1.82) is 0 Å². The molecule has 0 radical (unpaired) electrons. The summed E-state index contributed by atoms with van der Waals surface area (Å²) in [4.78, 5) is 2.28. The van der Waals surface area contributed by atoms with Crippen LogP contribution < -0.4 is 4.74 Å². The lowest BCUT2D eigenvalue weighted by Crippen LogP contribution is -2.37. The van der Waals surface area contributed by atoms with E-state index in [1.807, 2.05) is 33.5 Å². The maximum absolute atomic E-state index is 5.53. The lowest BCUT2D eigenvalue weighted by molar-refractivity contribution is 0.0210. The van der Waals surface area contributed by atoms with Crippen LogP contribution in [-0.2, 0) is 11.4 Å². The molecule has 0 unspecified atom stereocenters. The number of ether oxygens (including phenoxy) is 2. The molecule has 2 aromatic rings. The zero-order valence-corrected chi connectivity index (χ0v) is 12.8. The van der Waals surface area contributed by atoms with E-state index in [0.29, 0.717) is 11.4 Å². The summed E-state index contributed by atoms with van der Waals surface area (Å²) < 4.78 is 15.1. The normalized spacial score (nSPS) is 16.0. The Labute approximate surface area is 128 Å². The maximum atomic E-state index is 5.53. The van der Waals surface area contributed by atoms with E-state index in [1.54, 1.807) is 13.4 Å². The summed E-state index contributed by atoms with van der Waals surface area (Å²) in [6.45, 7) is 4.03. The van der Waals surface area contributed by atoms with E-state index < -0.39 is 0 Å². The van der Waals surface area contributed by atoms with Gasteiger partial charge in [-0.1, -0.05) is 12.1 Å². The maximum Gasteiger partial charge on any atom is 0.203 e. The molecule has 1 aliphatic rings. The van der Waals surface area contributed by atoms with Crippen LogP contribution in [0.5, 0.6) is 5.75 Å². The molecule has 0 N–H and O–H groups in total. The van der Waals surface area contributed by atoms with E-state index in [4.69, 9.17) is 21.7 Å². The van der Waals surface area contributed by atoms with Crippen molar-refractivity contribution >= 4 is 12.2 Å². The highest BCUT2D eigenvalue weighted by Crippen LogP contribution is 2.22. The molecular formula is C14H18N4O2S. The third-order valence-corrected chi connectivity index (χ3v) is 3.92. The Morgan fingerprint density at radius 1 is 1.29 bits per heavy atom. The van der Waals surface area contributed by atoms with Crippen LogP contribution in [0.4, 0.5) is 0 Å². The van der Waals surface area contributed by atoms with Gasteiger partial charge >= 0.3 is 0 Å². The van der Waals surface area contributed by atoms with Crippen LogP contribution in [0.3, 0.4) is 0 Å². The highest BCUT2D eigenvalue weighted by molar-refractivity contribution is 7.71. The Balaban J connectivity index is 1.86. The quantitative estimate of drug-likeness (QED) is 0.805. The molecule has 0 saturated carbocycles. The molecule has 2 heterocycles. The van der Waals surface area contributed by atoms with Crippen LogP contribution in [0.15, 0.2) is 30.6 Å². The molecule has 7 heteroatoms. The monoisotopic (exact) mass is 306 g/mol. The van der Waals surface area contributed by atoms with Crippen LogP contribution in [0.25, 0.3) is 5.69 Å². The number of rotatable bonds is 4. The number of para-hydroxylation sites is 2. The third kappa shape index (κ3) is 2.99. The molecule has 1 saturated heterocycles. The summed E-state index contributed by atoms with van der Waals surface area (Å²) in [5.41, 5.74) is 0.901. The standard InChI is InChI=1S/C14H18N4O2S/c1-19-13-5-3-2-4-12(13)17-10-15-18(14(17)21)11-16-6-8-20-9-7-16/h2-5,10H,6-9,11H2,1H3. The molecule has 0 atom stereocenters. The van der Waals surface area contributed by atoms with Gasteiger partial charge in [-0.2, -0.15) is 5.10 Å². The Bertz CT molecular complexity index is 661. The number of hydrogen-bond acceptors (Lipinski definition) is 5. The summed E-state index contributed by atoms with van der Waals surface area (Å²) in [5, 5.41) is 4.40. The van der Waals surface area contributed by atoms with E-state index in [2.05, 4.69) is 10.00 Å². The van der Waals surface area contributed by atoms with E-state index in [-0.39, 0.29) is 0 Å². The fourth-order valence-corrected chi connectivity index (χ4v) is 2.61. The van der Waals surface area contributed by atoms with Crippen LogP contribution in [0.1, 0.15) is 0 Å². The zero-order valence-electron chi connectivity index (χ0n) is 11.9. The van der Waals surface area contributed by atoms with E-state index in [0.717, 1.165) is 37.7 Å². The molecule has 3 rings (SSSR count). The first-order chi connectivity index (χ1) is 10.3. The summed E-state index contributed by atoms with van der Waals surface area (Å²) in [7, 11) is 1.65. The van der Waals surface area contributed by atoms with Gasteiger partial charge in [0.1, 0.15) is 12.1 Å². The van der Waals surface area contributed by atoms with Crippen molar-refractivity contribution < 1.29 is 9.47 Å². The molecule has 1 fully saturated rings. The van der Waals surface area contributed by atoms with Gasteiger partial charge < -0.3 is 9.47 Å². The molecule has 21 heavy (non-hydrogen) atoms. The minimum Gasteiger partial charge on any atom is -0.495 e. The second-order valence-electron chi connectivity index (χ2n) is 4.83. The second kappa shape index (κ2) is 6.38. The summed E-state index contributed by atoms with van der Waals surface area (Å²) in [6, 6.07) is 7.77. The molecule has 1 aromatic carbocycles. The van der Waals surface area contributed by atoms with Crippen molar-refractivity contribution in [1.82, 2.24) is 19.2 Å². The average Bonchev–Trinajstić information content (AvgIpc) is 2.89. The van der Waals surface area contributed by atoms with Crippen molar-refractivity contribution in [2.45, 2.75) is 6.67 Å². The van der Waals surface area contributed by atoms with Gasteiger partial charge in [0, 0.05) is 13.1 Å². The lowest BCUT2D eigenvalue weighted by atomic mass is 10.3. The molecule has 1 aromatic heterocycles. The van der Waals surface area contributed by atoms with Gasteiger partial charge in [-0.25, -0.2) is 4.68 Å². The first-order valence-corrected chi connectivity index (χ1v) is 7.28. The van der Waals surface area contributed by atoms with Crippen molar-refractivity contribution in [2.24, 2.45) is 0 Å². The van der Waals surface area contributed by atoms with Gasteiger partial charge in [0.05, 0.1) is 32.7 Å². The first-order valence-electron chi connectivity index (χ1n) is 6.87. The predicted molar refractivity (Wildman–Crippen MR) is 81.3 cm³/mol. The number of morpholine rings is 1. The van der Waals surface area contributed by atoms with Gasteiger partial charge in [-0.15, -0.1) is 0 Å². The molecule has 6 nitrogen and oxygen atoms in total. The van der Waals surface area contributed by atoms with Crippen LogP contribution in [-0.4, -0.2) is 52.7 Å².